The van der Waals surface area contributed by atoms with Crippen LogP contribution >= 0.6 is 11.3 Å². The summed E-state index contributed by atoms with van der Waals surface area (Å²) in [6.07, 6.45) is 3.00. The molecule has 0 amide bonds. The second kappa shape index (κ2) is 4.30. The van der Waals surface area contributed by atoms with Crippen LogP contribution in [0.3, 0.4) is 0 Å². The Labute approximate surface area is 104 Å². The van der Waals surface area contributed by atoms with Crippen molar-refractivity contribution in [2.45, 2.75) is 12.8 Å². The van der Waals surface area contributed by atoms with E-state index >= 15 is 0 Å². The minimum absolute atomic E-state index is 0.870. The molecular weight excluding hydrogens is 228 g/mol. The van der Waals surface area contributed by atoms with Crippen molar-refractivity contribution in [3.63, 3.8) is 0 Å². The van der Waals surface area contributed by atoms with Gasteiger partial charge in [0.05, 0.1) is 0 Å². The summed E-state index contributed by atoms with van der Waals surface area (Å²) in [5, 5.41) is 2.06. The molecule has 3 rings (SSSR count). The smallest absolute Gasteiger partial charge is 0.150 e. The maximum absolute atomic E-state index is 11.4. The van der Waals surface area contributed by atoms with E-state index < -0.39 is 0 Å². The molecule has 0 spiro atoms. The zero-order valence-corrected chi connectivity index (χ0v) is 10.2. The van der Waals surface area contributed by atoms with Gasteiger partial charge in [-0.25, -0.2) is 0 Å². The molecule has 2 aromatic rings. The van der Waals surface area contributed by atoms with Crippen LogP contribution in [0.2, 0.25) is 0 Å². The molecule has 1 aromatic heterocycles. The van der Waals surface area contributed by atoms with Crippen LogP contribution in [-0.2, 0) is 11.2 Å². The van der Waals surface area contributed by atoms with Gasteiger partial charge in [0.1, 0.15) is 0 Å². The molecule has 0 fully saturated rings. The highest BCUT2D eigenvalue weighted by Crippen LogP contribution is 2.37. The maximum atomic E-state index is 11.4. The van der Waals surface area contributed by atoms with Crippen molar-refractivity contribution in [2.75, 3.05) is 0 Å². The predicted molar refractivity (Wildman–Crippen MR) is 72.0 cm³/mol. The van der Waals surface area contributed by atoms with E-state index in [0.29, 0.717) is 0 Å². The standard InChI is InChI=1S/C15H12OS/c16-10-14-12-5-2-1-4-11(12)7-8-13(14)15-6-3-9-17-15/h1-6,9-10H,7-8H2. The Morgan fingerprint density at radius 2 is 1.94 bits per heavy atom. The van der Waals surface area contributed by atoms with Gasteiger partial charge in [-0.1, -0.05) is 30.3 Å². The first kappa shape index (κ1) is 10.5. The van der Waals surface area contributed by atoms with Crippen LogP contribution in [0.4, 0.5) is 0 Å². The van der Waals surface area contributed by atoms with Crippen LogP contribution in [0.5, 0.6) is 0 Å². The quantitative estimate of drug-likeness (QED) is 0.730. The molecule has 1 aromatic carbocycles. The van der Waals surface area contributed by atoms with Gasteiger partial charge in [0.2, 0.25) is 0 Å². The van der Waals surface area contributed by atoms with Crippen LogP contribution < -0.4 is 0 Å². The highest BCUT2D eigenvalue weighted by atomic mass is 32.1. The lowest BCUT2D eigenvalue weighted by molar-refractivity contribution is -0.103. The molecule has 1 aliphatic carbocycles. The second-order valence-electron chi connectivity index (χ2n) is 4.14. The third kappa shape index (κ3) is 1.75. The summed E-state index contributed by atoms with van der Waals surface area (Å²) in [5.74, 6) is 0. The first-order valence-electron chi connectivity index (χ1n) is 5.70. The Hall–Kier alpha value is -1.67. The normalized spacial score (nSPS) is 14.6. The van der Waals surface area contributed by atoms with Crippen molar-refractivity contribution in [3.05, 3.63) is 57.8 Å². The largest absolute Gasteiger partial charge is 0.298 e. The number of carbonyl (C=O) groups excluding carboxylic acids is 1. The lowest BCUT2D eigenvalue weighted by atomic mass is 9.85. The molecule has 2 heteroatoms. The zero-order valence-electron chi connectivity index (χ0n) is 9.35. The van der Waals surface area contributed by atoms with Gasteiger partial charge in [-0.15, -0.1) is 11.3 Å². The van der Waals surface area contributed by atoms with Gasteiger partial charge in [0.25, 0.3) is 0 Å². The van der Waals surface area contributed by atoms with Gasteiger partial charge in [0, 0.05) is 10.5 Å². The molecular formula is C15H12OS. The van der Waals surface area contributed by atoms with E-state index in [1.165, 1.54) is 16.0 Å². The summed E-state index contributed by atoms with van der Waals surface area (Å²) in [7, 11) is 0. The maximum Gasteiger partial charge on any atom is 0.150 e. The van der Waals surface area contributed by atoms with Crippen molar-refractivity contribution in [3.8, 4) is 0 Å². The summed E-state index contributed by atoms with van der Waals surface area (Å²) in [5.41, 5.74) is 4.47. The summed E-state index contributed by atoms with van der Waals surface area (Å²) in [4.78, 5) is 12.6. The number of benzene rings is 1. The van der Waals surface area contributed by atoms with Crippen LogP contribution in [0.1, 0.15) is 22.4 Å². The number of carbonyl (C=O) groups is 1. The van der Waals surface area contributed by atoms with Crippen molar-refractivity contribution in [1.29, 1.82) is 0 Å². The average Bonchev–Trinajstić information content (AvgIpc) is 2.91. The number of hydrogen-bond acceptors (Lipinski definition) is 2. The van der Waals surface area contributed by atoms with Crippen LogP contribution in [0, 0.1) is 0 Å². The third-order valence-electron chi connectivity index (χ3n) is 3.21. The van der Waals surface area contributed by atoms with Crippen molar-refractivity contribution in [2.24, 2.45) is 0 Å². The Balaban J connectivity index is 2.21. The van der Waals surface area contributed by atoms with Gasteiger partial charge in [-0.3, -0.25) is 4.79 Å². The molecule has 0 N–H and O–H groups in total. The van der Waals surface area contributed by atoms with Crippen LogP contribution in [0.25, 0.3) is 11.1 Å². The van der Waals surface area contributed by atoms with Gasteiger partial charge >= 0.3 is 0 Å². The summed E-state index contributed by atoms with van der Waals surface area (Å²) >= 11 is 1.71. The number of rotatable bonds is 2. The van der Waals surface area contributed by atoms with Crippen LogP contribution in [0.15, 0.2) is 41.8 Å². The lowest BCUT2D eigenvalue weighted by Crippen LogP contribution is -2.04. The molecule has 0 radical (unpaired) electrons. The van der Waals surface area contributed by atoms with Crippen LogP contribution in [-0.4, -0.2) is 6.29 Å². The number of hydrogen-bond donors (Lipinski definition) is 0. The Bertz CT molecular complexity index is 579. The molecule has 0 aliphatic heterocycles. The molecule has 0 unspecified atom stereocenters. The molecule has 17 heavy (non-hydrogen) atoms. The highest BCUT2D eigenvalue weighted by Gasteiger charge is 2.19. The zero-order chi connectivity index (χ0) is 11.7. The van der Waals surface area contributed by atoms with Gasteiger partial charge in [0.15, 0.2) is 6.29 Å². The Morgan fingerprint density at radius 3 is 2.71 bits per heavy atom. The average molecular weight is 240 g/mol. The van der Waals surface area contributed by atoms with E-state index in [4.69, 9.17) is 0 Å². The second-order valence-corrected chi connectivity index (χ2v) is 5.09. The summed E-state index contributed by atoms with van der Waals surface area (Å²) in [6.45, 7) is 0. The number of allylic oxidation sites excluding steroid dienone is 2. The van der Waals surface area contributed by atoms with Gasteiger partial charge in [-0.05, 0) is 41.0 Å². The first-order valence-corrected chi connectivity index (χ1v) is 6.58. The molecule has 1 nitrogen and oxygen atoms in total. The van der Waals surface area contributed by atoms with Crippen molar-refractivity contribution >= 4 is 28.8 Å². The third-order valence-corrected chi connectivity index (χ3v) is 4.14. The van der Waals surface area contributed by atoms with E-state index in [9.17, 15) is 4.79 Å². The summed E-state index contributed by atoms with van der Waals surface area (Å²) in [6, 6.07) is 12.3. The fourth-order valence-electron chi connectivity index (χ4n) is 2.40. The fraction of sp³-hybridized carbons (Fsp3) is 0.133. The first-order chi connectivity index (χ1) is 8.40. The molecule has 1 heterocycles. The Morgan fingerprint density at radius 1 is 1.06 bits per heavy atom. The minimum atomic E-state index is 0.870. The molecule has 84 valence electrons. The topological polar surface area (TPSA) is 17.1 Å². The van der Waals surface area contributed by atoms with E-state index in [-0.39, 0.29) is 0 Å². The number of aryl methyl sites for hydroxylation is 1. The monoisotopic (exact) mass is 240 g/mol. The van der Waals surface area contributed by atoms with Crippen molar-refractivity contribution < 1.29 is 4.79 Å². The lowest BCUT2D eigenvalue weighted by Gasteiger charge is -2.19. The molecule has 0 atom stereocenters. The highest BCUT2D eigenvalue weighted by molar-refractivity contribution is 7.11. The van der Waals surface area contributed by atoms with E-state index in [1.54, 1.807) is 11.3 Å². The molecule has 0 bridgehead atoms. The fourth-order valence-corrected chi connectivity index (χ4v) is 3.21. The van der Waals surface area contributed by atoms with E-state index in [0.717, 1.165) is 30.3 Å². The van der Waals surface area contributed by atoms with Crippen molar-refractivity contribution in [1.82, 2.24) is 0 Å². The SMILES string of the molecule is O=CC1=C(c2cccs2)CCc2ccccc21. The predicted octanol–water partition coefficient (Wildman–Crippen LogP) is 3.80. The van der Waals surface area contributed by atoms with E-state index in [2.05, 4.69) is 17.5 Å². The number of fused-ring (bicyclic) bond motifs is 1. The molecule has 0 saturated heterocycles. The number of thiophene rings is 1. The van der Waals surface area contributed by atoms with Gasteiger partial charge in [-0.2, -0.15) is 0 Å². The Kier molecular flexibility index (Phi) is 2.65. The minimum Gasteiger partial charge on any atom is -0.298 e. The summed E-state index contributed by atoms with van der Waals surface area (Å²) < 4.78 is 0. The molecule has 0 saturated carbocycles. The van der Waals surface area contributed by atoms with Gasteiger partial charge < -0.3 is 0 Å². The number of aldehydes is 1. The molecule has 1 aliphatic rings. The van der Waals surface area contributed by atoms with E-state index in [1.807, 2.05) is 24.3 Å².